The van der Waals surface area contributed by atoms with E-state index >= 15 is 0 Å². The van der Waals surface area contributed by atoms with E-state index < -0.39 is 0 Å². The smallest absolute Gasteiger partial charge is 0.223 e. The maximum absolute atomic E-state index is 12.7. The average molecular weight is 430 g/mol. The van der Waals surface area contributed by atoms with Crippen molar-refractivity contribution in [2.45, 2.75) is 57.5 Å². The number of thiazole rings is 1. The Morgan fingerprint density at radius 1 is 1.26 bits per heavy atom. The minimum Gasteiger partial charge on any atom is -0.353 e. The van der Waals surface area contributed by atoms with Gasteiger partial charge in [0.2, 0.25) is 5.91 Å². The molecule has 7 heteroatoms. The van der Waals surface area contributed by atoms with Crippen LogP contribution in [-0.2, 0) is 11.2 Å². The zero-order valence-electron chi connectivity index (χ0n) is 15.6. The summed E-state index contributed by atoms with van der Waals surface area (Å²) in [5.41, 5.74) is 7.40. The van der Waals surface area contributed by atoms with Gasteiger partial charge in [-0.2, -0.15) is 0 Å². The van der Waals surface area contributed by atoms with Crippen LogP contribution >= 0.6 is 36.2 Å². The highest BCUT2D eigenvalue weighted by molar-refractivity contribution is 7.18. The van der Waals surface area contributed by atoms with Crippen LogP contribution in [0.3, 0.4) is 0 Å². The van der Waals surface area contributed by atoms with E-state index in [1.807, 2.05) is 18.2 Å². The Balaban J connectivity index is 0.00000131. The number of halogens is 2. The fourth-order valence-corrected chi connectivity index (χ4v) is 5.78. The molecule has 3 N–H and O–H groups in total. The molecule has 2 aromatic rings. The van der Waals surface area contributed by atoms with Gasteiger partial charge in [0.05, 0.1) is 15.2 Å². The van der Waals surface area contributed by atoms with Crippen molar-refractivity contribution in [2.75, 3.05) is 0 Å². The molecule has 1 heterocycles. The number of amides is 1. The van der Waals surface area contributed by atoms with Crippen LogP contribution in [0.25, 0.3) is 10.2 Å². The monoisotopic (exact) mass is 429 g/mol. The van der Waals surface area contributed by atoms with E-state index in [1.165, 1.54) is 24.0 Å². The number of nitrogens with two attached hydrogens (primary N) is 1. The Labute approximate surface area is 177 Å². The number of aromatic nitrogens is 1. The average Bonchev–Trinajstić information content (AvgIpc) is 2.96. The van der Waals surface area contributed by atoms with E-state index in [-0.39, 0.29) is 42.7 Å². The second-order valence-corrected chi connectivity index (χ2v) is 9.00. The molecule has 0 spiro atoms. The predicted molar refractivity (Wildman–Crippen MR) is 117 cm³/mol. The molecular weight excluding hydrogens is 401 g/mol. The van der Waals surface area contributed by atoms with Crippen LogP contribution in [0.15, 0.2) is 24.3 Å². The molecule has 27 heavy (non-hydrogen) atoms. The number of nitrogens with one attached hydrogen (secondary N) is 1. The number of carbonyl (C=O) groups excluding carboxylic acids is 1. The van der Waals surface area contributed by atoms with Crippen LogP contribution in [-0.4, -0.2) is 23.0 Å². The van der Waals surface area contributed by atoms with E-state index in [0.717, 1.165) is 29.8 Å². The lowest BCUT2D eigenvalue weighted by Gasteiger charge is -2.43. The third-order valence-corrected chi connectivity index (χ3v) is 7.05. The molecule has 2 aliphatic rings. The van der Waals surface area contributed by atoms with Crippen LogP contribution in [0.1, 0.15) is 44.0 Å². The lowest BCUT2D eigenvalue weighted by molar-refractivity contribution is -0.128. The zero-order chi connectivity index (χ0) is 17.4. The SMILES string of the molecule is CC(Cc1nc2ccccc2s1)NC(=O)C1CC2CCCC(C1)C2N.Cl.Cl. The van der Waals surface area contributed by atoms with Gasteiger partial charge < -0.3 is 11.1 Å². The molecule has 2 aliphatic carbocycles. The van der Waals surface area contributed by atoms with Gasteiger partial charge >= 0.3 is 0 Å². The fraction of sp³-hybridized carbons (Fsp3) is 0.600. The first kappa shape index (κ1) is 22.4. The molecule has 1 aromatic heterocycles. The molecule has 0 aliphatic heterocycles. The van der Waals surface area contributed by atoms with E-state index in [1.54, 1.807) is 11.3 Å². The molecule has 4 nitrogen and oxygen atoms in total. The Morgan fingerprint density at radius 3 is 2.59 bits per heavy atom. The van der Waals surface area contributed by atoms with Crippen LogP contribution in [0, 0.1) is 17.8 Å². The van der Waals surface area contributed by atoms with Crippen molar-refractivity contribution in [3.8, 4) is 0 Å². The van der Waals surface area contributed by atoms with Crippen molar-refractivity contribution in [3.05, 3.63) is 29.3 Å². The molecule has 2 bridgehead atoms. The van der Waals surface area contributed by atoms with Crippen molar-refractivity contribution in [1.82, 2.24) is 10.3 Å². The number of rotatable bonds is 4. The van der Waals surface area contributed by atoms with Crippen molar-refractivity contribution in [1.29, 1.82) is 0 Å². The highest BCUT2D eigenvalue weighted by Gasteiger charge is 2.40. The second-order valence-electron chi connectivity index (χ2n) is 7.89. The lowest BCUT2D eigenvalue weighted by Crippen LogP contribution is -2.50. The Hall–Kier alpha value is -0.880. The first-order valence-corrected chi connectivity index (χ1v) is 10.3. The molecule has 1 aromatic carbocycles. The number of para-hydroxylation sites is 1. The molecule has 3 atom stereocenters. The predicted octanol–water partition coefficient (Wildman–Crippen LogP) is 4.34. The maximum Gasteiger partial charge on any atom is 0.223 e. The molecule has 0 saturated heterocycles. The van der Waals surface area contributed by atoms with E-state index in [2.05, 4.69) is 23.3 Å². The van der Waals surface area contributed by atoms with Gasteiger partial charge in [-0.15, -0.1) is 36.2 Å². The lowest BCUT2D eigenvalue weighted by atomic mass is 9.65. The maximum atomic E-state index is 12.7. The van der Waals surface area contributed by atoms with E-state index in [0.29, 0.717) is 17.9 Å². The summed E-state index contributed by atoms with van der Waals surface area (Å²) in [7, 11) is 0. The number of hydrogen-bond acceptors (Lipinski definition) is 4. The second kappa shape index (κ2) is 9.55. The van der Waals surface area contributed by atoms with Crippen molar-refractivity contribution < 1.29 is 4.79 Å². The standard InChI is InChI=1S/C20H27N3OS.2ClH/c1-12(9-18-23-16-7-2-3-8-17(16)25-18)22-20(24)15-10-13-5-4-6-14(11-15)19(13)21;;/h2-3,7-8,12-15,19H,4-6,9-11,21H2,1H3,(H,22,24);2*1H. The van der Waals surface area contributed by atoms with Crippen LogP contribution in [0.4, 0.5) is 0 Å². The summed E-state index contributed by atoms with van der Waals surface area (Å²) in [6.07, 6.45) is 6.41. The van der Waals surface area contributed by atoms with Gasteiger partial charge in [0.1, 0.15) is 0 Å². The fourth-order valence-electron chi connectivity index (χ4n) is 4.68. The van der Waals surface area contributed by atoms with Gasteiger partial charge in [-0.05, 0) is 56.6 Å². The molecule has 4 rings (SSSR count). The van der Waals surface area contributed by atoms with Gasteiger partial charge in [0.15, 0.2) is 0 Å². The Kier molecular flexibility index (Phi) is 7.93. The minimum absolute atomic E-state index is 0. The van der Waals surface area contributed by atoms with Crippen molar-refractivity contribution >= 4 is 52.3 Å². The Bertz CT molecular complexity index is 722. The summed E-state index contributed by atoms with van der Waals surface area (Å²) in [4.78, 5) is 17.4. The van der Waals surface area contributed by atoms with Gasteiger partial charge in [0.25, 0.3) is 0 Å². The summed E-state index contributed by atoms with van der Waals surface area (Å²) in [5, 5.41) is 4.33. The summed E-state index contributed by atoms with van der Waals surface area (Å²) < 4.78 is 1.21. The highest BCUT2D eigenvalue weighted by atomic mass is 35.5. The molecule has 0 radical (unpaired) electrons. The molecule has 2 fully saturated rings. The summed E-state index contributed by atoms with van der Waals surface area (Å²) in [5.74, 6) is 1.45. The summed E-state index contributed by atoms with van der Waals surface area (Å²) in [6.45, 7) is 2.08. The first-order valence-electron chi connectivity index (χ1n) is 9.50. The third-order valence-electron chi connectivity index (χ3n) is 5.99. The van der Waals surface area contributed by atoms with Gasteiger partial charge in [-0.1, -0.05) is 18.6 Å². The highest BCUT2D eigenvalue weighted by Crippen LogP contribution is 2.41. The van der Waals surface area contributed by atoms with Crippen LogP contribution in [0.5, 0.6) is 0 Å². The van der Waals surface area contributed by atoms with Crippen LogP contribution in [0.2, 0.25) is 0 Å². The van der Waals surface area contributed by atoms with Gasteiger partial charge in [-0.25, -0.2) is 4.98 Å². The molecule has 3 unspecified atom stereocenters. The zero-order valence-corrected chi connectivity index (χ0v) is 18.0. The quantitative estimate of drug-likeness (QED) is 0.758. The van der Waals surface area contributed by atoms with E-state index in [4.69, 9.17) is 5.73 Å². The topological polar surface area (TPSA) is 68.0 Å². The number of benzene rings is 1. The number of nitrogens with zero attached hydrogens (tertiary/aromatic N) is 1. The number of carbonyl (C=O) groups is 1. The summed E-state index contributed by atoms with van der Waals surface area (Å²) >= 11 is 1.72. The largest absolute Gasteiger partial charge is 0.353 e. The van der Waals surface area contributed by atoms with Crippen LogP contribution < -0.4 is 11.1 Å². The van der Waals surface area contributed by atoms with Crippen molar-refractivity contribution in [3.63, 3.8) is 0 Å². The minimum atomic E-state index is 0. The normalized spacial score (nSPS) is 27.9. The molecule has 150 valence electrons. The van der Waals surface area contributed by atoms with Gasteiger partial charge in [-0.3, -0.25) is 4.79 Å². The third kappa shape index (κ3) is 4.94. The molecule has 2 saturated carbocycles. The molecular formula is C20H29Cl2N3OS. The number of hydrogen-bond donors (Lipinski definition) is 2. The van der Waals surface area contributed by atoms with E-state index in [9.17, 15) is 4.79 Å². The summed E-state index contributed by atoms with van der Waals surface area (Å²) in [6, 6.07) is 8.63. The number of fused-ring (bicyclic) bond motifs is 3. The van der Waals surface area contributed by atoms with Gasteiger partial charge in [0, 0.05) is 24.4 Å². The first-order chi connectivity index (χ1) is 12.1. The Morgan fingerprint density at radius 2 is 1.93 bits per heavy atom. The van der Waals surface area contributed by atoms with Crippen molar-refractivity contribution in [2.24, 2.45) is 23.5 Å². The molecule has 1 amide bonds.